The lowest BCUT2D eigenvalue weighted by molar-refractivity contribution is -0.126. The zero-order valence-corrected chi connectivity index (χ0v) is 16.3. The van der Waals surface area contributed by atoms with Crippen molar-refractivity contribution in [1.82, 2.24) is 9.62 Å². The predicted octanol–water partition coefficient (Wildman–Crippen LogP) is 1.64. The van der Waals surface area contributed by atoms with Gasteiger partial charge in [0.05, 0.1) is 0 Å². The molecule has 1 saturated heterocycles. The van der Waals surface area contributed by atoms with Gasteiger partial charge in [-0.3, -0.25) is 4.79 Å². The van der Waals surface area contributed by atoms with Crippen molar-refractivity contribution in [2.24, 2.45) is 11.7 Å². The number of halogens is 3. The third-order valence-corrected chi connectivity index (χ3v) is 5.97. The molecule has 26 heavy (non-hydrogen) atoms. The lowest BCUT2D eigenvalue weighted by atomic mass is 9.96. The maximum absolute atomic E-state index is 13.8. The van der Waals surface area contributed by atoms with Crippen molar-refractivity contribution in [3.63, 3.8) is 0 Å². The third kappa shape index (κ3) is 5.60. The van der Waals surface area contributed by atoms with E-state index in [0.29, 0.717) is 25.5 Å². The summed E-state index contributed by atoms with van der Waals surface area (Å²) in [5, 5.41) is 2.75. The van der Waals surface area contributed by atoms with Gasteiger partial charge in [0.25, 0.3) is 0 Å². The number of carbonyl (C=O) groups is 1. The van der Waals surface area contributed by atoms with Gasteiger partial charge in [-0.2, -0.15) is 4.31 Å². The number of amides is 1. The second-order valence-corrected chi connectivity index (χ2v) is 8.87. The Labute approximate surface area is 158 Å². The van der Waals surface area contributed by atoms with E-state index in [1.807, 2.05) is 0 Å². The van der Waals surface area contributed by atoms with Crippen molar-refractivity contribution < 1.29 is 22.0 Å². The van der Waals surface area contributed by atoms with Crippen LogP contribution in [0, 0.1) is 17.6 Å². The highest BCUT2D eigenvalue weighted by molar-refractivity contribution is 7.89. The molecular weight excluding hydrogens is 388 g/mol. The number of hydrogen-bond donors (Lipinski definition) is 2. The zero-order chi connectivity index (χ0) is 18.8. The molecule has 1 heterocycles. The highest BCUT2D eigenvalue weighted by Gasteiger charge is 2.34. The topological polar surface area (TPSA) is 92.5 Å². The quantitative estimate of drug-likeness (QED) is 0.770. The van der Waals surface area contributed by atoms with Gasteiger partial charge in [0, 0.05) is 31.1 Å². The highest BCUT2D eigenvalue weighted by Crippen LogP contribution is 2.26. The first-order valence-electron chi connectivity index (χ1n) is 8.02. The standard InChI is InChI=1S/C16H23F2N3O3S.ClH/c1-16(2,19)10-20-15(22)11-5-7-21(8-6-11)25(23,24)14-9-12(17)3-4-13(14)18;/h3-4,9,11H,5-8,10,19H2,1-2H3,(H,20,22);1H. The zero-order valence-electron chi connectivity index (χ0n) is 14.7. The molecule has 1 fully saturated rings. The molecule has 3 N–H and O–H groups in total. The van der Waals surface area contributed by atoms with Gasteiger partial charge >= 0.3 is 0 Å². The molecule has 10 heteroatoms. The number of nitrogens with one attached hydrogen (secondary N) is 1. The molecule has 0 aromatic heterocycles. The molecule has 2 rings (SSSR count). The molecule has 0 aliphatic carbocycles. The first-order valence-corrected chi connectivity index (χ1v) is 9.46. The van der Waals surface area contributed by atoms with E-state index in [4.69, 9.17) is 5.73 Å². The first-order chi connectivity index (χ1) is 11.5. The van der Waals surface area contributed by atoms with Gasteiger partial charge in [-0.05, 0) is 44.9 Å². The monoisotopic (exact) mass is 411 g/mol. The van der Waals surface area contributed by atoms with E-state index in [1.165, 1.54) is 0 Å². The minimum absolute atomic E-state index is 0. The van der Waals surface area contributed by atoms with Crippen LogP contribution < -0.4 is 11.1 Å². The molecule has 0 spiro atoms. The summed E-state index contributed by atoms with van der Waals surface area (Å²) >= 11 is 0. The molecule has 1 aliphatic rings. The largest absolute Gasteiger partial charge is 0.354 e. The number of carbonyl (C=O) groups excluding carboxylic acids is 1. The summed E-state index contributed by atoms with van der Waals surface area (Å²) in [6.07, 6.45) is 0.625. The van der Waals surface area contributed by atoms with Crippen molar-refractivity contribution in [2.45, 2.75) is 37.1 Å². The summed E-state index contributed by atoms with van der Waals surface area (Å²) in [5.41, 5.74) is 5.28. The number of nitrogens with zero attached hydrogens (tertiary/aromatic N) is 1. The Morgan fingerprint density at radius 2 is 1.88 bits per heavy atom. The van der Waals surface area contributed by atoms with E-state index < -0.39 is 32.1 Å². The van der Waals surface area contributed by atoms with E-state index in [9.17, 15) is 22.0 Å². The molecule has 6 nitrogen and oxygen atoms in total. The van der Waals surface area contributed by atoms with Gasteiger partial charge in [0.2, 0.25) is 15.9 Å². The fourth-order valence-electron chi connectivity index (χ4n) is 2.63. The molecule has 1 aromatic rings. The molecule has 148 valence electrons. The lowest BCUT2D eigenvalue weighted by Gasteiger charge is -2.31. The van der Waals surface area contributed by atoms with Gasteiger partial charge in [-0.1, -0.05) is 0 Å². The van der Waals surface area contributed by atoms with Crippen molar-refractivity contribution >= 4 is 28.3 Å². The minimum Gasteiger partial charge on any atom is -0.354 e. The molecule has 0 radical (unpaired) electrons. The van der Waals surface area contributed by atoms with Crippen molar-refractivity contribution in [2.75, 3.05) is 19.6 Å². The van der Waals surface area contributed by atoms with E-state index in [1.54, 1.807) is 13.8 Å². The minimum atomic E-state index is -4.13. The van der Waals surface area contributed by atoms with Crippen molar-refractivity contribution in [1.29, 1.82) is 0 Å². The molecular formula is C16H24ClF2N3O3S. The second-order valence-electron chi connectivity index (χ2n) is 6.96. The van der Waals surface area contributed by atoms with Crippen LogP contribution in [0.2, 0.25) is 0 Å². The number of sulfonamides is 1. The third-order valence-electron chi connectivity index (χ3n) is 4.05. The van der Waals surface area contributed by atoms with Crippen LogP contribution in [0.5, 0.6) is 0 Å². The molecule has 0 bridgehead atoms. The van der Waals surface area contributed by atoms with Crippen LogP contribution in [0.1, 0.15) is 26.7 Å². The smallest absolute Gasteiger partial charge is 0.246 e. The maximum Gasteiger partial charge on any atom is 0.246 e. The molecule has 0 saturated carbocycles. The van der Waals surface area contributed by atoms with Gasteiger partial charge in [-0.25, -0.2) is 17.2 Å². The average molecular weight is 412 g/mol. The highest BCUT2D eigenvalue weighted by atomic mass is 35.5. The number of rotatable bonds is 5. The van der Waals surface area contributed by atoms with Crippen LogP contribution in [0.3, 0.4) is 0 Å². The summed E-state index contributed by atoms with van der Waals surface area (Å²) in [5.74, 6) is -2.32. The Morgan fingerprint density at radius 1 is 1.31 bits per heavy atom. The summed E-state index contributed by atoms with van der Waals surface area (Å²) < 4.78 is 53.1. The number of hydrogen-bond acceptors (Lipinski definition) is 4. The van der Waals surface area contributed by atoms with Crippen LogP contribution in [0.15, 0.2) is 23.1 Å². The Balaban J connectivity index is 0.00000338. The Bertz CT molecular complexity index is 746. The van der Waals surface area contributed by atoms with Crippen LogP contribution in [-0.2, 0) is 14.8 Å². The van der Waals surface area contributed by atoms with Gasteiger partial charge in [0.1, 0.15) is 16.5 Å². The molecule has 0 unspecified atom stereocenters. The molecule has 1 aliphatic heterocycles. The number of nitrogens with two attached hydrogens (primary N) is 1. The first kappa shape index (κ1) is 22.8. The van der Waals surface area contributed by atoms with Gasteiger partial charge in [-0.15, -0.1) is 12.4 Å². The van der Waals surface area contributed by atoms with Crippen molar-refractivity contribution in [3.8, 4) is 0 Å². The van der Waals surface area contributed by atoms with Crippen LogP contribution >= 0.6 is 12.4 Å². The van der Waals surface area contributed by atoms with Crippen LogP contribution in [-0.4, -0.2) is 43.8 Å². The van der Waals surface area contributed by atoms with E-state index in [2.05, 4.69) is 5.32 Å². The summed E-state index contributed by atoms with van der Waals surface area (Å²) in [4.78, 5) is 11.4. The average Bonchev–Trinajstić information content (AvgIpc) is 2.54. The lowest BCUT2D eigenvalue weighted by Crippen LogP contribution is -2.48. The summed E-state index contributed by atoms with van der Waals surface area (Å²) in [6, 6.07) is 2.33. The Morgan fingerprint density at radius 3 is 2.42 bits per heavy atom. The number of piperidine rings is 1. The van der Waals surface area contributed by atoms with E-state index in [0.717, 1.165) is 16.4 Å². The molecule has 0 atom stereocenters. The summed E-state index contributed by atoms with van der Waals surface area (Å²) in [7, 11) is -4.13. The van der Waals surface area contributed by atoms with Gasteiger partial charge < -0.3 is 11.1 Å². The van der Waals surface area contributed by atoms with Gasteiger partial charge in [0.15, 0.2) is 0 Å². The van der Waals surface area contributed by atoms with Crippen LogP contribution in [0.25, 0.3) is 0 Å². The van der Waals surface area contributed by atoms with E-state index in [-0.39, 0.29) is 37.3 Å². The van der Waals surface area contributed by atoms with E-state index >= 15 is 0 Å². The van der Waals surface area contributed by atoms with Crippen LogP contribution in [0.4, 0.5) is 8.78 Å². The van der Waals surface area contributed by atoms with Crippen molar-refractivity contribution in [3.05, 3.63) is 29.8 Å². The summed E-state index contributed by atoms with van der Waals surface area (Å²) in [6.45, 7) is 4.04. The normalized spacial score (nSPS) is 16.8. The fraction of sp³-hybridized carbons (Fsp3) is 0.562. The molecule has 1 aromatic carbocycles. The Kier molecular flexibility index (Phi) is 7.52. The predicted molar refractivity (Wildman–Crippen MR) is 96.4 cm³/mol. The fourth-order valence-corrected chi connectivity index (χ4v) is 4.18. The second kappa shape index (κ2) is 8.60. The molecule has 1 amide bonds. The number of benzene rings is 1. The maximum atomic E-state index is 13.8. The SMILES string of the molecule is CC(C)(N)CNC(=O)C1CCN(S(=O)(=O)c2cc(F)ccc2F)CC1.Cl. The Hall–Kier alpha value is -1.29.